The summed E-state index contributed by atoms with van der Waals surface area (Å²) < 4.78 is 39.4. The largest absolute Gasteiger partial charge is 0.431 e. The number of carbonyl (C=O) groups excluding carboxylic acids is 1. The molecule has 0 radical (unpaired) electrons. The van der Waals surface area contributed by atoms with E-state index < -0.39 is 10.0 Å². The van der Waals surface area contributed by atoms with E-state index in [1.165, 1.54) is 38.0 Å². The molecule has 3 heterocycles. The molecule has 0 unspecified atom stereocenters. The second kappa shape index (κ2) is 9.01. The standard InChI is InChI=1S/C22H27N3O5S2/c1-14-10-18(15(2)25(14)12-16-6-5-9-29-16)20(26)13-31-22-23-19-11-17(7-8-21(19)30-22)32(27,28)24(3)4/h7-8,10-11,16H,5-6,9,12-13H2,1-4H3/t16-/m1/s1. The highest BCUT2D eigenvalue weighted by atomic mass is 32.2. The molecule has 10 heteroatoms. The fourth-order valence-corrected chi connectivity index (χ4v) is 5.52. The molecule has 0 saturated carbocycles. The molecule has 1 aliphatic rings. The van der Waals surface area contributed by atoms with Gasteiger partial charge in [0, 0.05) is 44.2 Å². The van der Waals surface area contributed by atoms with Gasteiger partial charge in [0.2, 0.25) is 10.0 Å². The van der Waals surface area contributed by atoms with E-state index in [0.29, 0.717) is 21.9 Å². The van der Waals surface area contributed by atoms with Gasteiger partial charge in [0.15, 0.2) is 11.4 Å². The van der Waals surface area contributed by atoms with Crippen LogP contribution in [0.5, 0.6) is 0 Å². The quantitative estimate of drug-likeness (QED) is 0.361. The zero-order valence-corrected chi connectivity index (χ0v) is 20.3. The van der Waals surface area contributed by atoms with Gasteiger partial charge in [-0.2, -0.15) is 0 Å². The number of benzene rings is 1. The minimum absolute atomic E-state index is 0.000166. The highest BCUT2D eigenvalue weighted by molar-refractivity contribution is 7.99. The number of Topliss-reactive ketones (excluding diaryl/α,β-unsaturated/α-hetero) is 1. The van der Waals surface area contributed by atoms with E-state index in [1.807, 2.05) is 19.9 Å². The van der Waals surface area contributed by atoms with E-state index in [-0.39, 0.29) is 22.5 Å². The van der Waals surface area contributed by atoms with Crippen molar-refractivity contribution in [3.63, 3.8) is 0 Å². The van der Waals surface area contributed by atoms with Gasteiger partial charge in [-0.1, -0.05) is 11.8 Å². The molecule has 2 aromatic heterocycles. The molecule has 1 saturated heterocycles. The Morgan fingerprint density at radius 2 is 2.06 bits per heavy atom. The van der Waals surface area contributed by atoms with Gasteiger partial charge in [-0.25, -0.2) is 17.7 Å². The van der Waals surface area contributed by atoms with Crippen molar-refractivity contribution in [2.45, 2.75) is 49.5 Å². The predicted molar refractivity (Wildman–Crippen MR) is 123 cm³/mol. The molecule has 32 heavy (non-hydrogen) atoms. The van der Waals surface area contributed by atoms with Gasteiger partial charge in [-0.3, -0.25) is 4.79 Å². The van der Waals surface area contributed by atoms with Crippen molar-refractivity contribution in [3.8, 4) is 0 Å². The van der Waals surface area contributed by atoms with Crippen LogP contribution in [0.25, 0.3) is 11.1 Å². The summed E-state index contributed by atoms with van der Waals surface area (Å²) in [5, 5.41) is 0.334. The molecule has 8 nitrogen and oxygen atoms in total. The van der Waals surface area contributed by atoms with E-state index in [2.05, 4.69) is 9.55 Å². The number of hydrogen-bond donors (Lipinski definition) is 0. The van der Waals surface area contributed by atoms with Gasteiger partial charge in [0.1, 0.15) is 5.52 Å². The maximum atomic E-state index is 12.9. The average molecular weight is 478 g/mol. The number of aryl methyl sites for hydroxylation is 1. The van der Waals surface area contributed by atoms with Gasteiger partial charge in [-0.05, 0) is 51.0 Å². The Kier molecular flexibility index (Phi) is 6.49. The van der Waals surface area contributed by atoms with Crippen LogP contribution < -0.4 is 0 Å². The highest BCUT2D eigenvalue weighted by Crippen LogP contribution is 2.28. The van der Waals surface area contributed by atoms with Crippen LogP contribution in [0.4, 0.5) is 0 Å². The summed E-state index contributed by atoms with van der Waals surface area (Å²) in [5.41, 5.74) is 3.61. The first-order valence-electron chi connectivity index (χ1n) is 10.4. The molecule has 0 N–H and O–H groups in total. The molecule has 3 aromatic rings. The van der Waals surface area contributed by atoms with Gasteiger partial charge >= 0.3 is 0 Å². The van der Waals surface area contributed by atoms with Crippen molar-refractivity contribution < 1.29 is 22.4 Å². The third kappa shape index (κ3) is 4.50. The fourth-order valence-electron chi connectivity index (χ4n) is 3.88. The van der Waals surface area contributed by atoms with Crippen LogP contribution in [0, 0.1) is 13.8 Å². The maximum Gasteiger partial charge on any atom is 0.257 e. The number of oxazole rings is 1. The number of aromatic nitrogens is 2. The number of fused-ring (bicyclic) bond motifs is 1. The predicted octanol–water partition coefficient (Wildman–Crippen LogP) is 3.65. The van der Waals surface area contributed by atoms with Crippen LogP contribution in [0.1, 0.15) is 34.6 Å². The lowest BCUT2D eigenvalue weighted by atomic mass is 10.2. The molecule has 4 rings (SSSR count). The number of rotatable bonds is 8. The number of hydrogen-bond acceptors (Lipinski definition) is 7. The van der Waals surface area contributed by atoms with Crippen molar-refractivity contribution >= 4 is 38.7 Å². The van der Waals surface area contributed by atoms with E-state index in [1.54, 1.807) is 6.07 Å². The third-order valence-electron chi connectivity index (χ3n) is 5.73. The maximum absolute atomic E-state index is 12.9. The Bertz CT molecular complexity index is 1250. The summed E-state index contributed by atoms with van der Waals surface area (Å²) in [4.78, 5) is 17.4. The first-order chi connectivity index (χ1) is 15.2. The molecule has 1 fully saturated rings. The molecule has 172 valence electrons. The minimum atomic E-state index is -3.56. The summed E-state index contributed by atoms with van der Waals surface area (Å²) in [7, 11) is -0.598. The SMILES string of the molecule is Cc1cc(C(=O)CSc2nc3cc(S(=O)(=O)N(C)C)ccc3o2)c(C)n1C[C@H]1CCCO1. The van der Waals surface area contributed by atoms with Gasteiger partial charge in [0.05, 0.1) is 16.8 Å². The Morgan fingerprint density at radius 1 is 1.28 bits per heavy atom. The first-order valence-corrected chi connectivity index (χ1v) is 12.9. The molecular formula is C22H27N3O5S2. The van der Waals surface area contributed by atoms with Crippen molar-refractivity contribution in [1.82, 2.24) is 13.9 Å². The highest BCUT2D eigenvalue weighted by Gasteiger charge is 2.22. The summed E-state index contributed by atoms with van der Waals surface area (Å²) in [6, 6.07) is 6.49. The fraction of sp³-hybridized carbons (Fsp3) is 0.455. The van der Waals surface area contributed by atoms with Crippen LogP contribution in [0.15, 0.2) is 38.8 Å². The van der Waals surface area contributed by atoms with Crippen LogP contribution in [0.3, 0.4) is 0 Å². The lowest BCUT2D eigenvalue weighted by Gasteiger charge is -2.14. The lowest BCUT2D eigenvalue weighted by Crippen LogP contribution is -2.22. The molecule has 0 bridgehead atoms. The summed E-state index contributed by atoms with van der Waals surface area (Å²) in [6.07, 6.45) is 2.34. The first kappa shape index (κ1) is 23.0. The molecule has 0 spiro atoms. The minimum Gasteiger partial charge on any atom is -0.431 e. The summed E-state index contributed by atoms with van der Waals surface area (Å²) in [6.45, 7) is 5.54. The summed E-state index contributed by atoms with van der Waals surface area (Å²) >= 11 is 1.20. The van der Waals surface area contributed by atoms with E-state index >= 15 is 0 Å². The smallest absolute Gasteiger partial charge is 0.257 e. The number of nitrogens with zero attached hydrogens (tertiary/aromatic N) is 3. The summed E-state index contributed by atoms with van der Waals surface area (Å²) in [5.74, 6) is 0.180. The van der Waals surface area contributed by atoms with Crippen LogP contribution >= 0.6 is 11.8 Å². The number of ketones is 1. The van der Waals surface area contributed by atoms with Crippen molar-refractivity contribution in [2.75, 3.05) is 26.5 Å². The normalized spacial score (nSPS) is 17.0. The van der Waals surface area contributed by atoms with Crippen LogP contribution in [-0.2, 0) is 21.3 Å². The number of thioether (sulfide) groups is 1. The second-order valence-electron chi connectivity index (χ2n) is 8.14. The van der Waals surface area contributed by atoms with Gasteiger partial charge < -0.3 is 13.7 Å². The Balaban J connectivity index is 1.47. The van der Waals surface area contributed by atoms with Crippen LogP contribution in [0.2, 0.25) is 0 Å². The van der Waals surface area contributed by atoms with Crippen molar-refractivity contribution in [2.24, 2.45) is 0 Å². The average Bonchev–Trinajstić information content (AvgIpc) is 3.47. The van der Waals surface area contributed by atoms with Gasteiger partial charge in [-0.15, -0.1) is 0 Å². The lowest BCUT2D eigenvalue weighted by molar-refractivity contribution is 0.0957. The molecule has 1 atom stereocenters. The topological polar surface area (TPSA) is 94.6 Å². The van der Waals surface area contributed by atoms with E-state index in [4.69, 9.17) is 9.15 Å². The molecule has 1 aromatic carbocycles. The molecule has 1 aliphatic heterocycles. The van der Waals surface area contributed by atoms with E-state index in [0.717, 1.165) is 41.7 Å². The van der Waals surface area contributed by atoms with E-state index in [9.17, 15) is 13.2 Å². The third-order valence-corrected chi connectivity index (χ3v) is 8.37. The van der Waals surface area contributed by atoms with Crippen molar-refractivity contribution in [1.29, 1.82) is 0 Å². The van der Waals surface area contributed by atoms with Crippen LogP contribution in [-0.4, -0.2) is 60.6 Å². The Hall–Kier alpha value is -2.14. The van der Waals surface area contributed by atoms with Crippen molar-refractivity contribution in [3.05, 3.63) is 41.2 Å². The number of carbonyl (C=O) groups is 1. The zero-order chi connectivity index (χ0) is 23.0. The second-order valence-corrected chi connectivity index (χ2v) is 11.2. The Morgan fingerprint density at radius 3 is 2.75 bits per heavy atom. The Labute approximate surface area is 192 Å². The number of ether oxygens (including phenoxy) is 1. The monoisotopic (exact) mass is 477 g/mol. The molecule has 0 amide bonds. The number of sulfonamides is 1. The van der Waals surface area contributed by atoms with Gasteiger partial charge in [0.25, 0.3) is 5.22 Å². The zero-order valence-electron chi connectivity index (χ0n) is 18.6. The molecular weight excluding hydrogens is 450 g/mol. The molecule has 0 aliphatic carbocycles.